The van der Waals surface area contributed by atoms with E-state index in [2.05, 4.69) is 70.5 Å². The Morgan fingerprint density at radius 3 is 1.92 bits per heavy atom. The Labute approximate surface area is 161 Å². The predicted molar refractivity (Wildman–Crippen MR) is 104 cm³/mol. The molecule has 0 amide bonds. The summed E-state index contributed by atoms with van der Waals surface area (Å²) < 4.78 is 6.97. The molecule has 3 rings (SSSR count). The van der Waals surface area contributed by atoms with Gasteiger partial charge in [0.1, 0.15) is 12.4 Å². The maximum Gasteiger partial charge on any atom is 0.373 e. The minimum atomic E-state index is 0.250. The molecule has 132 valence electrons. The molecule has 3 nitrogen and oxygen atoms in total. The highest BCUT2D eigenvalue weighted by atomic mass is 79.9. The maximum absolute atomic E-state index is 8.12. The summed E-state index contributed by atoms with van der Waals surface area (Å²) in [6, 6.07) is 27.0. The molecule has 0 aliphatic carbocycles. The molecule has 0 saturated carbocycles. The molecule has 26 heavy (non-hydrogen) atoms. The van der Waals surface area contributed by atoms with Crippen LogP contribution in [0.3, 0.4) is 0 Å². The smallest absolute Gasteiger partial charge is 0.373 e. The van der Waals surface area contributed by atoms with Crippen LogP contribution in [0.2, 0.25) is 0 Å². The number of hydrogen-bond acceptors (Lipinski definition) is 3. The lowest BCUT2D eigenvalue weighted by Gasteiger charge is -2.10. The number of benzene rings is 3. The second-order valence-corrected chi connectivity index (χ2v) is 6.45. The summed E-state index contributed by atoms with van der Waals surface area (Å²) in [5.41, 5.74) is 3.85. The van der Waals surface area contributed by atoms with Crippen molar-refractivity contribution in [3.8, 4) is 5.75 Å². The third-order valence-corrected chi connectivity index (χ3v) is 4.54. The van der Waals surface area contributed by atoms with Gasteiger partial charge in [-0.3, -0.25) is 0 Å². The number of carbonyl (C=O) groups excluding carboxylic acids is 2. The van der Waals surface area contributed by atoms with Crippen molar-refractivity contribution < 1.29 is 14.3 Å². The molecule has 0 aliphatic heterocycles. The van der Waals surface area contributed by atoms with Gasteiger partial charge < -0.3 is 4.74 Å². The highest BCUT2D eigenvalue weighted by Gasteiger charge is 2.04. The topological polar surface area (TPSA) is 43.4 Å². The maximum atomic E-state index is 8.12. The predicted octanol–water partition coefficient (Wildman–Crippen LogP) is 5.23. The molecule has 0 heterocycles. The van der Waals surface area contributed by atoms with Crippen molar-refractivity contribution in [3.05, 3.63) is 100 Å². The number of aryl methyl sites for hydroxylation is 2. The van der Waals surface area contributed by atoms with Gasteiger partial charge in [-0.2, -0.15) is 9.59 Å². The van der Waals surface area contributed by atoms with Gasteiger partial charge in [-0.25, -0.2) is 0 Å². The van der Waals surface area contributed by atoms with E-state index in [0.717, 1.165) is 23.1 Å². The molecule has 4 heteroatoms. The van der Waals surface area contributed by atoms with Crippen molar-refractivity contribution in [3.63, 3.8) is 0 Å². The summed E-state index contributed by atoms with van der Waals surface area (Å²) in [5, 5.41) is 0. The van der Waals surface area contributed by atoms with Crippen LogP contribution >= 0.6 is 15.9 Å². The van der Waals surface area contributed by atoms with Crippen LogP contribution in [-0.4, -0.2) is 6.15 Å². The molecule has 0 aliphatic rings. The van der Waals surface area contributed by atoms with Crippen molar-refractivity contribution in [2.45, 2.75) is 19.4 Å². The lowest BCUT2D eigenvalue weighted by molar-refractivity contribution is -0.191. The fraction of sp³-hybridized carbons (Fsp3) is 0.136. The van der Waals surface area contributed by atoms with Crippen LogP contribution in [-0.2, 0) is 29.0 Å². The molecule has 0 N–H and O–H groups in total. The van der Waals surface area contributed by atoms with Crippen LogP contribution in [0.4, 0.5) is 0 Å². The molecule has 0 atom stereocenters. The average Bonchev–Trinajstić information content (AvgIpc) is 2.68. The van der Waals surface area contributed by atoms with Crippen LogP contribution in [0.15, 0.2) is 83.3 Å². The molecular formula is C22H19BrO3. The van der Waals surface area contributed by atoms with Crippen LogP contribution in [0, 0.1) is 0 Å². The van der Waals surface area contributed by atoms with E-state index >= 15 is 0 Å². The minimum Gasteiger partial charge on any atom is -0.489 e. The number of hydrogen-bond donors (Lipinski definition) is 0. The SMILES string of the molecule is Brc1cc(OCc2ccccc2)ccc1CCc1ccccc1.O=C=O. The van der Waals surface area contributed by atoms with E-state index in [-0.39, 0.29) is 6.15 Å². The van der Waals surface area contributed by atoms with Crippen molar-refractivity contribution in [1.29, 1.82) is 0 Å². The van der Waals surface area contributed by atoms with Gasteiger partial charge >= 0.3 is 6.15 Å². The van der Waals surface area contributed by atoms with E-state index in [9.17, 15) is 0 Å². The Hall–Kier alpha value is -2.68. The second kappa shape index (κ2) is 11.0. The van der Waals surface area contributed by atoms with Crippen LogP contribution in [0.25, 0.3) is 0 Å². The first-order valence-corrected chi connectivity index (χ1v) is 9.00. The summed E-state index contributed by atoms with van der Waals surface area (Å²) >= 11 is 3.67. The molecular weight excluding hydrogens is 392 g/mol. The van der Waals surface area contributed by atoms with Gasteiger partial charge in [-0.1, -0.05) is 82.7 Å². The average molecular weight is 411 g/mol. The molecule has 0 spiro atoms. The first-order chi connectivity index (χ1) is 12.7. The Morgan fingerprint density at radius 1 is 0.769 bits per heavy atom. The normalized spacial score (nSPS) is 9.58. The molecule has 0 radical (unpaired) electrons. The van der Waals surface area contributed by atoms with Gasteiger partial charge in [0.2, 0.25) is 0 Å². The van der Waals surface area contributed by atoms with E-state index in [0.29, 0.717) is 6.61 Å². The fourth-order valence-electron chi connectivity index (χ4n) is 2.49. The number of ether oxygens (including phenoxy) is 1. The zero-order valence-electron chi connectivity index (χ0n) is 14.2. The summed E-state index contributed by atoms with van der Waals surface area (Å²) in [5.74, 6) is 0.893. The first-order valence-electron chi connectivity index (χ1n) is 8.21. The number of rotatable bonds is 6. The van der Waals surface area contributed by atoms with Gasteiger partial charge in [0.15, 0.2) is 0 Å². The molecule has 0 aromatic heterocycles. The molecule has 0 bridgehead atoms. The van der Waals surface area contributed by atoms with Crippen molar-refractivity contribution in [2.24, 2.45) is 0 Å². The summed E-state index contributed by atoms with van der Waals surface area (Å²) in [6.45, 7) is 0.594. The standard InChI is InChI=1S/C21H19BrO.CO2/c22-21-15-20(23-16-18-9-5-2-6-10-18)14-13-19(21)12-11-17-7-3-1-4-8-17;2-1-3/h1-10,13-15H,11-12,16H2;. The van der Waals surface area contributed by atoms with Crippen LogP contribution in [0.1, 0.15) is 16.7 Å². The Morgan fingerprint density at radius 2 is 1.35 bits per heavy atom. The lowest BCUT2D eigenvalue weighted by atomic mass is 10.0. The molecule has 3 aromatic carbocycles. The summed E-state index contributed by atoms with van der Waals surface area (Å²) in [4.78, 5) is 16.2. The van der Waals surface area contributed by atoms with Gasteiger partial charge in [0, 0.05) is 4.47 Å². The summed E-state index contributed by atoms with van der Waals surface area (Å²) in [6.07, 6.45) is 2.31. The van der Waals surface area contributed by atoms with E-state index in [1.807, 2.05) is 24.3 Å². The Kier molecular flexibility index (Phi) is 8.34. The number of halogens is 1. The van der Waals surface area contributed by atoms with E-state index < -0.39 is 0 Å². The molecule has 3 aromatic rings. The van der Waals surface area contributed by atoms with Crippen LogP contribution < -0.4 is 4.74 Å². The Bertz CT molecular complexity index is 827. The zero-order chi connectivity index (χ0) is 18.6. The van der Waals surface area contributed by atoms with Gasteiger partial charge in [0.05, 0.1) is 0 Å². The monoisotopic (exact) mass is 410 g/mol. The quantitative estimate of drug-likeness (QED) is 0.558. The minimum absolute atomic E-state index is 0.250. The molecule has 0 saturated heterocycles. The zero-order valence-corrected chi connectivity index (χ0v) is 15.8. The van der Waals surface area contributed by atoms with Crippen molar-refractivity contribution in [1.82, 2.24) is 0 Å². The van der Waals surface area contributed by atoms with Crippen molar-refractivity contribution in [2.75, 3.05) is 0 Å². The fourth-order valence-corrected chi connectivity index (χ4v) is 3.04. The van der Waals surface area contributed by atoms with E-state index in [1.165, 1.54) is 16.7 Å². The Balaban J connectivity index is 0.000000758. The summed E-state index contributed by atoms with van der Waals surface area (Å²) in [7, 11) is 0. The van der Waals surface area contributed by atoms with E-state index in [4.69, 9.17) is 14.3 Å². The van der Waals surface area contributed by atoms with Gasteiger partial charge in [-0.05, 0) is 41.7 Å². The molecule has 0 fully saturated rings. The third-order valence-electron chi connectivity index (χ3n) is 3.80. The van der Waals surface area contributed by atoms with E-state index in [1.54, 1.807) is 0 Å². The third kappa shape index (κ3) is 6.67. The largest absolute Gasteiger partial charge is 0.489 e. The second-order valence-electron chi connectivity index (χ2n) is 5.60. The highest BCUT2D eigenvalue weighted by molar-refractivity contribution is 9.10. The first kappa shape index (κ1) is 19.6. The van der Waals surface area contributed by atoms with Crippen molar-refractivity contribution >= 4 is 22.1 Å². The van der Waals surface area contributed by atoms with Gasteiger partial charge in [-0.15, -0.1) is 0 Å². The highest BCUT2D eigenvalue weighted by Crippen LogP contribution is 2.25. The molecule has 0 unspecified atom stereocenters. The van der Waals surface area contributed by atoms with Crippen LogP contribution in [0.5, 0.6) is 5.75 Å². The lowest BCUT2D eigenvalue weighted by Crippen LogP contribution is -1.97. The van der Waals surface area contributed by atoms with Gasteiger partial charge in [0.25, 0.3) is 0 Å².